The Kier molecular flexibility index (Phi) is 3.77. The molecule has 0 atom stereocenters. The van der Waals surface area contributed by atoms with Crippen molar-refractivity contribution in [3.63, 3.8) is 0 Å². The van der Waals surface area contributed by atoms with Crippen molar-refractivity contribution < 1.29 is 26.0 Å². The molecule has 0 aliphatic heterocycles. The van der Waals surface area contributed by atoms with Gasteiger partial charge in [-0.05, 0) is 18.2 Å². The second-order valence-corrected chi connectivity index (χ2v) is 5.70. The highest BCUT2D eigenvalue weighted by Crippen LogP contribution is 2.23. The van der Waals surface area contributed by atoms with Crippen molar-refractivity contribution in [3.8, 4) is 0 Å². The maximum Gasteiger partial charge on any atom is 0.264 e. The second kappa shape index (κ2) is 5.24. The summed E-state index contributed by atoms with van der Waals surface area (Å²) in [5.41, 5.74) is 4.75. The smallest absolute Gasteiger partial charge is 0.264 e. The molecule has 0 amide bonds. The quantitative estimate of drug-likeness (QED) is 0.519. The molecule has 0 aliphatic rings. The van der Waals surface area contributed by atoms with Crippen LogP contribution in [0, 0.1) is 23.3 Å². The van der Waals surface area contributed by atoms with Gasteiger partial charge in [0.2, 0.25) is 0 Å². The summed E-state index contributed by atoms with van der Waals surface area (Å²) in [5.74, 6) is -6.01. The fraction of sp³-hybridized carbons (Fsp3) is 0. The van der Waals surface area contributed by atoms with Crippen LogP contribution in [0.15, 0.2) is 35.2 Å². The molecule has 0 aromatic heterocycles. The van der Waals surface area contributed by atoms with Gasteiger partial charge < -0.3 is 5.73 Å². The number of anilines is 2. The second-order valence-electron chi connectivity index (χ2n) is 4.05. The Morgan fingerprint density at radius 3 is 2.05 bits per heavy atom. The molecule has 0 unspecified atom stereocenters. The van der Waals surface area contributed by atoms with E-state index in [0.717, 1.165) is 18.2 Å². The summed E-state index contributed by atoms with van der Waals surface area (Å²) in [5, 5.41) is 0. The highest BCUT2D eigenvalue weighted by Gasteiger charge is 2.21. The Bertz CT molecular complexity index is 786. The largest absolute Gasteiger partial charge is 0.399 e. The first-order valence-electron chi connectivity index (χ1n) is 5.43. The zero-order chi connectivity index (χ0) is 15.8. The standard InChI is InChI=1S/C12H8F4N2O2S/c13-8-2-1-6(17)3-11(8)21(19,20)18-7-4-9(14)12(16)10(15)5-7/h1-5,18H,17H2. The van der Waals surface area contributed by atoms with E-state index < -0.39 is 43.9 Å². The van der Waals surface area contributed by atoms with Crippen LogP contribution >= 0.6 is 0 Å². The Morgan fingerprint density at radius 1 is 0.905 bits per heavy atom. The summed E-state index contributed by atoms with van der Waals surface area (Å²) in [4.78, 5) is -0.798. The first-order chi connectivity index (χ1) is 9.70. The number of hydrogen-bond donors (Lipinski definition) is 2. The van der Waals surface area contributed by atoms with E-state index >= 15 is 0 Å². The van der Waals surface area contributed by atoms with Gasteiger partial charge in [0.05, 0.1) is 5.69 Å². The Morgan fingerprint density at radius 2 is 1.48 bits per heavy atom. The Balaban J connectivity index is 2.45. The van der Waals surface area contributed by atoms with Gasteiger partial charge in [-0.25, -0.2) is 26.0 Å². The summed E-state index contributed by atoms with van der Waals surface area (Å²) in [6.07, 6.45) is 0. The van der Waals surface area contributed by atoms with Gasteiger partial charge >= 0.3 is 0 Å². The van der Waals surface area contributed by atoms with E-state index in [1.54, 1.807) is 4.72 Å². The summed E-state index contributed by atoms with van der Waals surface area (Å²) in [6, 6.07) is 3.68. The minimum absolute atomic E-state index is 0.0201. The van der Waals surface area contributed by atoms with Crippen molar-refractivity contribution in [2.75, 3.05) is 10.5 Å². The molecular formula is C12H8F4N2O2S. The molecule has 21 heavy (non-hydrogen) atoms. The molecule has 112 valence electrons. The van der Waals surface area contributed by atoms with Crippen LogP contribution in [0.4, 0.5) is 28.9 Å². The molecular weight excluding hydrogens is 312 g/mol. The van der Waals surface area contributed by atoms with E-state index in [1.807, 2.05) is 0 Å². The van der Waals surface area contributed by atoms with Gasteiger partial charge in [0, 0.05) is 17.8 Å². The minimum Gasteiger partial charge on any atom is -0.399 e. The first kappa shape index (κ1) is 15.1. The van der Waals surface area contributed by atoms with Crippen molar-refractivity contribution >= 4 is 21.4 Å². The van der Waals surface area contributed by atoms with E-state index in [9.17, 15) is 26.0 Å². The fourth-order valence-electron chi connectivity index (χ4n) is 1.55. The van der Waals surface area contributed by atoms with E-state index in [1.165, 1.54) is 0 Å². The highest BCUT2D eigenvalue weighted by atomic mass is 32.2. The van der Waals surface area contributed by atoms with Crippen LogP contribution in [-0.2, 0) is 10.0 Å². The van der Waals surface area contributed by atoms with Crippen LogP contribution < -0.4 is 10.5 Å². The van der Waals surface area contributed by atoms with Crippen LogP contribution in [0.5, 0.6) is 0 Å². The lowest BCUT2D eigenvalue weighted by Crippen LogP contribution is -2.15. The number of nitrogen functional groups attached to an aromatic ring is 1. The van der Waals surface area contributed by atoms with Crippen molar-refractivity contribution in [2.45, 2.75) is 4.90 Å². The molecule has 0 spiro atoms. The lowest BCUT2D eigenvalue weighted by atomic mass is 10.3. The predicted octanol–water partition coefficient (Wildman–Crippen LogP) is 2.63. The van der Waals surface area contributed by atoms with Crippen LogP contribution in [-0.4, -0.2) is 8.42 Å². The SMILES string of the molecule is Nc1ccc(F)c(S(=O)(=O)Nc2cc(F)c(F)c(F)c2)c1. The number of halogens is 4. The maximum atomic E-state index is 13.5. The molecule has 2 aromatic rings. The number of hydrogen-bond acceptors (Lipinski definition) is 3. The zero-order valence-corrected chi connectivity index (χ0v) is 11.0. The molecule has 4 nitrogen and oxygen atoms in total. The molecule has 0 fully saturated rings. The molecule has 0 aliphatic carbocycles. The third-order valence-corrected chi connectivity index (χ3v) is 3.88. The summed E-state index contributed by atoms with van der Waals surface area (Å²) < 4.78 is 77.9. The minimum atomic E-state index is -4.47. The van der Waals surface area contributed by atoms with E-state index in [0.29, 0.717) is 12.1 Å². The lowest BCUT2D eigenvalue weighted by molar-refractivity contribution is 0.448. The molecule has 3 N–H and O–H groups in total. The van der Waals surface area contributed by atoms with E-state index in [-0.39, 0.29) is 5.69 Å². The number of benzene rings is 2. The zero-order valence-electron chi connectivity index (χ0n) is 10.2. The fourth-order valence-corrected chi connectivity index (χ4v) is 2.70. The van der Waals surface area contributed by atoms with Gasteiger partial charge in [0.1, 0.15) is 10.7 Å². The summed E-state index contributed by atoms with van der Waals surface area (Å²) in [7, 11) is -4.47. The third kappa shape index (κ3) is 3.07. The molecule has 0 saturated carbocycles. The topological polar surface area (TPSA) is 72.2 Å². The summed E-state index contributed by atoms with van der Waals surface area (Å²) in [6.45, 7) is 0. The van der Waals surface area contributed by atoms with Gasteiger partial charge in [-0.1, -0.05) is 0 Å². The maximum absolute atomic E-state index is 13.5. The molecule has 2 rings (SSSR count). The molecule has 0 bridgehead atoms. The third-order valence-electron chi connectivity index (χ3n) is 2.48. The van der Waals surface area contributed by atoms with Crippen molar-refractivity contribution in [2.24, 2.45) is 0 Å². The number of nitrogens with two attached hydrogens (primary N) is 1. The molecule has 2 aromatic carbocycles. The predicted molar refractivity (Wildman–Crippen MR) is 67.9 cm³/mol. The van der Waals surface area contributed by atoms with Crippen molar-refractivity contribution in [1.29, 1.82) is 0 Å². The van der Waals surface area contributed by atoms with E-state index in [2.05, 4.69) is 0 Å². The number of nitrogens with one attached hydrogen (secondary N) is 1. The van der Waals surface area contributed by atoms with Crippen LogP contribution in [0.3, 0.4) is 0 Å². The summed E-state index contributed by atoms with van der Waals surface area (Å²) >= 11 is 0. The lowest BCUT2D eigenvalue weighted by Gasteiger charge is -2.10. The van der Waals surface area contributed by atoms with Crippen LogP contribution in [0.1, 0.15) is 0 Å². The Labute approximate surface area is 117 Å². The Hall–Kier alpha value is -2.29. The number of sulfonamides is 1. The highest BCUT2D eigenvalue weighted by molar-refractivity contribution is 7.92. The average Bonchev–Trinajstić information content (AvgIpc) is 2.38. The molecule has 9 heteroatoms. The molecule has 0 heterocycles. The van der Waals surface area contributed by atoms with Crippen LogP contribution in [0.25, 0.3) is 0 Å². The van der Waals surface area contributed by atoms with Crippen molar-refractivity contribution in [3.05, 3.63) is 53.6 Å². The van der Waals surface area contributed by atoms with Crippen molar-refractivity contribution in [1.82, 2.24) is 0 Å². The van der Waals surface area contributed by atoms with Gasteiger partial charge in [-0.2, -0.15) is 0 Å². The first-order valence-corrected chi connectivity index (χ1v) is 6.91. The van der Waals surface area contributed by atoms with Gasteiger partial charge in [0.25, 0.3) is 10.0 Å². The number of rotatable bonds is 3. The van der Waals surface area contributed by atoms with Gasteiger partial charge in [-0.15, -0.1) is 0 Å². The molecule has 0 radical (unpaired) electrons. The van der Waals surface area contributed by atoms with Gasteiger partial charge in [0.15, 0.2) is 17.5 Å². The van der Waals surface area contributed by atoms with Gasteiger partial charge in [-0.3, -0.25) is 4.72 Å². The average molecular weight is 320 g/mol. The van der Waals surface area contributed by atoms with E-state index in [4.69, 9.17) is 5.73 Å². The molecule has 0 saturated heterocycles. The normalized spacial score (nSPS) is 11.4. The van der Waals surface area contributed by atoms with Crippen LogP contribution in [0.2, 0.25) is 0 Å². The monoisotopic (exact) mass is 320 g/mol.